The van der Waals surface area contributed by atoms with Gasteiger partial charge in [-0.25, -0.2) is 10.2 Å². The highest BCUT2D eigenvalue weighted by atomic mass is 35.5. The van der Waals surface area contributed by atoms with Crippen LogP contribution in [0, 0.1) is 6.92 Å². The van der Waals surface area contributed by atoms with E-state index in [0.717, 1.165) is 6.42 Å². The molecule has 0 fully saturated rings. The zero-order valence-electron chi connectivity index (χ0n) is 17.9. The van der Waals surface area contributed by atoms with E-state index in [-0.39, 0.29) is 22.4 Å². The van der Waals surface area contributed by atoms with E-state index in [4.69, 9.17) is 37.1 Å². The largest absolute Gasteiger partial charge is 0.497 e. The Labute approximate surface area is 200 Å². The summed E-state index contributed by atoms with van der Waals surface area (Å²) in [5, 5.41) is 4.97. The van der Waals surface area contributed by atoms with Crippen LogP contribution in [0.2, 0.25) is 10.0 Å². The minimum Gasteiger partial charge on any atom is -0.497 e. The second kappa shape index (κ2) is 9.68. The highest BCUT2D eigenvalue weighted by Gasteiger charge is 2.29. The average Bonchev–Trinajstić information content (AvgIpc) is 3.16. The van der Waals surface area contributed by atoms with Crippen LogP contribution in [0.4, 0.5) is 0 Å². The Morgan fingerprint density at radius 2 is 1.85 bits per heavy atom. The molecule has 1 amide bonds. The third kappa shape index (κ3) is 4.89. The molecule has 0 bridgehead atoms. The number of amides is 1. The number of methoxy groups -OCH3 is 1. The van der Waals surface area contributed by atoms with Crippen LogP contribution < -0.4 is 14.9 Å². The van der Waals surface area contributed by atoms with E-state index < -0.39 is 5.97 Å². The van der Waals surface area contributed by atoms with Crippen molar-refractivity contribution in [2.24, 2.45) is 5.10 Å². The molecule has 4 rings (SSSR count). The lowest BCUT2D eigenvalue weighted by Crippen LogP contribution is -2.22. The van der Waals surface area contributed by atoms with E-state index in [1.807, 2.05) is 0 Å². The first-order chi connectivity index (χ1) is 15.9. The molecule has 2 aromatic carbocycles. The van der Waals surface area contributed by atoms with Crippen molar-refractivity contribution < 1.29 is 23.5 Å². The van der Waals surface area contributed by atoms with E-state index in [9.17, 15) is 9.59 Å². The molecule has 1 heterocycles. The maximum absolute atomic E-state index is 12.8. The summed E-state index contributed by atoms with van der Waals surface area (Å²) in [6.45, 7) is 1.76. The number of esters is 1. The number of hydrogen-bond acceptors (Lipinski definition) is 6. The lowest BCUT2D eigenvalue weighted by molar-refractivity contribution is 0.0698. The van der Waals surface area contributed by atoms with Crippen LogP contribution in [-0.2, 0) is 6.42 Å². The summed E-state index contributed by atoms with van der Waals surface area (Å²) >= 11 is 12.0. The van der Waals surface area contributed by atoms with Crippen LogP contribution in [0.15, 0.2) is 52.0 Å². The number of halogens is 2. The average molecular weight is 487 g/mol. The Morgan fingerprint density at radius 1 is 1.09 bits per heavy atom. The number of rotatable bonds is 5. The van der Waals surface area contributed by atoms with E-state index in [2.05, 4.69) is 10.5 Å². The maximum Gasteiger partial charge on any atom is 0.379 e. The van der Waals surface area contributed by atoms with E-state index in [0.29, 0.717) is 51.8 Å². The van der Waals surface area contributed by atoms with Crippen LogP contribution in [0.5, 0.6) is 11.5 Å². The summed E-state index contributed by atoms with van der Waals surface area (Å²) < 4.78 is 16.3. The smallest absolute Gasteiger partial charge is 0.379 e. The number of ether oxygens (including phenoxy) is 2. The van der Waals surface area contributed by atoms with Crippen molar-refractivity contribution in [3.63, 3.8) is 0 Å². The number of nitrogens with one attached hydrogen (secondary N) is 1. The Bertz CT molecular complexity index is 1250. The van der Waals surface area contributed by atoms with Gasteiger partial charge in [0.05, 0.1) is 17.8 Å². The normalized spacial score (nSPS) is 14.0. The van der Waals surface area contributed by atoms with E-state index in [1.165, 1.54) is 12.1 Å². The zero-order chi connectivity index (χ0) is 23.5. The zero-order valence-corrected chi connectivity index (χ0v) is 19.4. The van der Waals surface area contributed by atoms with Gasteiger partial charge in [0, 0.05) is 28.1 Å². The van der Waals surface area contributed by atoms with Crippen LogP contribution in [0.3, 0.4) is 0 Å². The number of carbonyl (C=O) groups excluding carboxylic acids is 2. The number of hydrazone groups is 1. The topological polar surface area (TPSA) is 90.1 Å². The van der Waals surface area contributed by atoms with Crippen LogP contribution >= 0.6 is 23.2 Å². The van der Waals surface area contributed by atoms with Crippen molar-refractivity contribution in [3.8, 4) is 11.5 Å². The molecular formula is C24H20Cl2N2O5. The third-order valence-corrected chi connectivity index (χ3v) is 5.78. The summed E-state index contributed by atoms with van der Waals surface area (Å²) in [7, 11) is 1.56. The molecule has 1 aliphatic carbocycles. The van der Waals surface area contributed by atoms with Crippen molar-refractivity contribution >= 4 is 40.8 Å². The van der Waals surface area contributed by atoms with Gasteiger partial charge in [0.25, 0.3) is 5.91 Å². The predicted molar refractivity (Wildman–Crippen MR) is 125 cm³/mol. The second-order valence-electron chi connectivity index (χ2n) is 7.40. The summed E-state index contributed by atoms with van der Waals surface area (Å²) in [5.74, 6) is 0.513. The lowest BCUT2D eigenvalue weighted by atomic mass is 9.93. The number of hydrogen-bond donors (Lipinski definition) is 1. The van der Waals surface area contributed by atoms with Gasteiger partial charge in [0.15, 0.2) is 0 Å². The van der Waals surface area contributed by atoms with Crippen LogP contribution in [-0.4, -0.2) is 24.7 Å². The molecule has 7 nitrogen and oxygen atoms in total. The van der Waals surface area contributed by atoms with Crippen molar-refractivity contribution in [1.29, 1.82) is 0 Å². The number of aryl methyl sites for hydroxylation is 1. The molecule has 3 aromatic rings. The van der Waals surface area contributed by atoms with Gasteiger partial charge in [-0.1, -0.05) is 23.2 Å². The van der Waals surface area contributed by atoms with Crippen molar-refractivity contribution in [2.45, 2.75) is 26.2 Å². The predicted octanol–water partition coefficient (Wildman–Crippen LogP) is 5.59. The van der Waals surface area contributed by atoms with Gasteiger partial charge < -0.3 is 13.9 Å². The monoisotopic (exact) mass is 486 g/mol. The van der Waals surface area contributed by atoms with Gasteiger partial charge in [0.2, 0.25) is 5.76 Å². The van der Waals surface area contributed by atoms with Gasteiger partial charge in [-0.2, -0.15) is 5.10 Å². The molecule has 0 saturated heterocycles. The molecule has 33 heavy (non-hydrogen) atoms. The number of furan rings is 1. The number of benzene rings is 2. The fraction of sp³-hybridized carbons (Fsp3) is 0.208. The van der Waals surface area contributed by atoms with Crippen LogP contribution in [0.1, 0.15) is 50.6 Å². The molecule has 0 unspecified atom stereocenters. The molecule has 0 spiro atoms. The second-order valence-corrected chi connectivity index (χ2v) is 8.24. The quantitative estimate of drug-likeness (QED) is 0.288. The lowest BCUT2D eigenvalue weighted by Gasteiger charge is -2.13. The van der Waals surface area contributed by atoms with Gasteiger partial charge in [-0.15, -0.1) is 0 Å². The van der Waals surface area contributed by atoms with Gasteiger partial charge in [-0.3, -0.25) is 4.79 Å². The molecule has 170 valence electrons. The fourth-order valence-corrected chi connectivity index (χ4v) is 4.05. The molecule has 0 radical (unpaired) electrons. The fourth-order valence-electron chi connectivity index (χ4n) is 3.60. The first kappa shape index (κ1) is 22.9. The van der Waals surface area contributed by atoms with Gasteiger partial charge in [0.1, 0.15) is 17.3 Å². The minimum absolute atomic E-state index is 0.0714. The molecule has 0 saturated carbocycles. The van der Waals surface area contributed by atoms with Crippen molar-refractivity contribution in [3.05, 3.63) is 80.7 Å². The molecule has 1 N–H and O–H groups in total. The van der Waals surface area contributed by atoms with Crippen LogP contribution in [0.25, 0.3) is 0 Å². The van der Waals surface area contributed by atoms with Gasteiger partial charge in [-0.05, 0) is 62.2 Å². The molecule has 9 heteroatoms. The number of nitrogens with zero attached hydrogens (tertiary/aromatic N) is 1. The molecule has 1 aromatic heterocycles. The Hall–Kier alpha value is -3.29. The first-order valence-corrected chi connectivity index (χ1v) is 10.9. The van der Waals surface area contributed by atoms with Crippen molar-refractivity contribution in [1.82, 2.24) is 5.43 Å². The Morgan fingerprint density at radius 3 is 2.55 bits per heavy atom. The number of fused-ring (bicyclic) bond motifs is 1. The van der Waals surface area contributed by atoms with E-state index in [1.54, 1.807) is 44.4 Å². The molecule has 1 aliphatic rings. The Kier molecular flexibility index (Phi) is 6.72. The maximum atomic E-state index is 12.8. The van der Waals surface area contributed by atoms with Gasteiger partial charge >= 0.3 is 5.97 Å². The molecular weight excluding hydrogens is 467 g/mol. The summed E-state index contributed by atoms with van der Waals surface area (Å²) in [5.41, 5.74) is 4.98. The summed E-state index contributed by atoms with van der Waals surface area (Å²) in [6, 6.07) is 11.3. The summed E-state index contributed by atoms with van der Waals surface area (Å²) in [6.07, 6.45) is 2.05. The minimum atomic E-state index is -0.673. The first-order valence-electron chi connectivity index (χ1n) is 10.2. The number of carbonyl (C=O) groups is 2. The standard InChI is InChI=1S/C24H20Cl2N2O5/c1-13-21-18(27-28-23(29)14-6-9-16(31-2)10-7-14)4-3-5-20(21)32-22(13)24(30)33-19-11-8-15(25)12-17(19)26/h6-12H,3-5H2,1-2H3,(H,28,29)/b27-18+. The van der Waals surface area contributed by atoms with Crippen molar-refractivity contribution in [2.75, 3.05) is 7.11 Å². The molecule has 0 aliphatic heterocycles. The van der Waals surface area contributed by atoms with E-state index >= 15 is 0 Å². The Balaban J connectivity index is 1.55. The SMILES string of the molecule is COc1ccc(C(=O)N/N=C2\CCCc3oc(C(=O)Oc4ccc(Cl)cc4Cl)c(C)c32)cc1. The third-order valence-electron chi connectivity index (χ3n) is 5.25. The highest BCUT2D eigenvalue weighted by Crippen LogP contribution is 2.32. The highest BCUT2D eigenvalue weighted by molar-refractivity contribution is 6.35. The summed E-state index contributed by atoms with van der Waals surface area (Å²) in [4.78, 5) is 25.3. The molecule has 0 atom stereocenters.